The van der Waals surface area contributed by atoms with Gasteiger partial charge in [0, 0.05) is 24.7 Å². The molecule has 0 radical (unpaired) electrons. The van der Waals surface area contributed by atoms with E-state index in [1.807, 2.05) is 44.2 Å². The van der Waals surface area contributed by atoms with E-state index < -0.39 is 0 Å². The average Bonchev–Trinajstić information content (AvgIpc) is 2.44. The van der Waals surface area contributed by atoms with Gasteiger partial charge in [-0.1, -0.05) is 25.1 Å². The molecule has 20 heavy (non-hydrogen) atoms. The lowest BCUT2D eigenvalue weighted by Gasteiger charge is -2.11. The first-order valence-corrected chi connectivity index (χ1v) is 6.96. The summed E-state index contributed by atoms with van der Waals surface area (Å²) >= 11 is 0. The van der Waals surface area contributed by atoms with Crippen molar-refractivity contribution in [2.24, 2.45) is 0 Å². The van der Waals surface area contributed by atoms with Gasteiger partial charge < -0.3 is 16.0 Å². The van der Waals surface area contributed by atoms with E-state index in [4.69, 9.17) is 0 Å². The second-order valence-corrected chi connectivity index (χ2v) is 4.72. The fourth-order valence-corrected chi connectivity index (χ4v) is 1.58. The molecule has 1 atom stereocenters. The minimum Gasteiger partial charge on any atom is -0.354 e. The Kier molecular flexibility index (Phi) is 7.35. The highest BCUT2D eigenvalue weighted by atomic mass is 16.2. The zero-order chi connectivity index (χ0) is 14.8. The van der Waals surface area contributed by atoms with Gasteiger partial charge in [-0.3, -0.25) is 9.59 Å². The Labute approximate surface area is 120 Å². The van der Waals surface area contributed by atoms with Crippen LogP contribution in [0, 0.1) is 0 Å². The molecule has 0 heterocycles. The molecule has 110 valence electrons. The van der Waals surface area contributed by atoms with Crippen LogP contribution in [0.4, 0.5) is 5.69 Å². The van der Waals surface area contributed by atoms with Crippen LogP contribution in [0.25, 0.3) is 0 Å². The zero-order valence-corrected chi connectivity index (χ0v) is 12.1. The molecule has 0 saturated heterocycles. The molecule has 2 amide bonds. The third-order valence-corrected chi connectivity index (χ3v) is 2.89. The van der Waals surface area contributed by atoms with Crippen molar-refractivity contribution >= 4 is 17.5 Å². The Morgan fingerprint density at radius 3 is 2.50 bits per heavy atom. The summed E-state index contributed by atoms with van der Waals surface area (Å²) in [7, 11) is 0. The van der Waals surface area contributed by atoms with Gasteiger partial charge in [0.15, 0.2) is 0 Å². The number of rotatable bonds is 8. The zero-order valence-electron chi connectivity index (χ0n) is 12.1. The Bertz CT molecular complexity index is 420. The topological polar surface area (TPSA) is 70.2 Å². The summed E-state index contributed by atoms with van der Waals surface area (Å²) in [5.41, 5.74) is 0.772. The minimum atomic E-state index is -0.112. The second-order valence-electron chi connectivity index (χ2n) is 4.72. The van der Waals surface area contributed by atoms with Crippen molar-refractivity contribution in [1.82, 2.24) is 10.6 Å². The number of para-hydroxylation sites is 1. The maximum atomic E-state index is 11.6. The number of hydrogen-bond acceptors (Lipinski definition) is 3. The standard InChI is InChI=1S/C15H23N3O2/c1-3-12(2)17-14(19)9-10-16-11-15(20)18-13-7-5-4-6-8-13/h4-8,12,16H,3,9-11H2,1-2H3,(H,17,19)(H,18,20). The van der Waals surface area contributed by atoms with Gasteiger partial charge in [-0.15, -0.1) is 0 Å². The van der Waals surface area contributed by atoms with Crippen LogP contribution in [-0.4, -0.2) is 30.9 Å². The van der Waals surface area contributed by atoms with Crippen LogP contribution in [-0.2, 0) is 9.59 Å². The van der Waals surface area contributed by atoms with E-state index in [0.717, 1.165) is 12.1 Å². The first kappa shape index (κ1) is 16.2. The summed E-state index contributed by atoms with van der Waals surface area (Å²) in [6.45, 7) is 4.69. The summed E-state index contributed by atoms with van der Waals surface area (Å²) in [6.07, 6.45) is 1.29. The van der Waals surface area contributed by atoms with Crippen molar-refractivity contribution in [3.8, 4) is 0 Å². The predicted octanol–water partition coefficient (Wildman–Crippen LogP) is 1.52. The van der Waals surface area contributed by atoms with Crippen LogP contribution in [0.15, 0.2) is 30.3 Å². The lowest BCUT2D eigenvalue weighted by molar-refractivity contribution is -0.122. The van der Waals surface area contributed by atoms with Gasteiger partial charge in [0.25, 0.3) is 0 Å². The van der Waals surface area contributed by atoms with Gasteiger partial charge in [-0.2, -0.15) is 0 Å². The average molecular weight is 277 g/mol. The molecule has 1 aromatic carbocycles. The Morgan fingerprint density at radius 1 is 1.15 bits per heavy atom. The van der Waals surface area contributed by atoms with E-state index in [0.29, 0.717) is 13.0 Å². The van der Waals surface area contributed by atoms with Crippen LogP contribution in [0.1, 0.15) is 26.7 Å². The minimum absolute atomic E-state index is 0.00955. The molecular formula is C15H23N3O2. The molecular weight excluding hydrogens is 254 g/mol. The summed E-state index contributed by atoms with van der Waals surface area (Å²) in [6, 6.07) is 9.48. The Morgan fingerprint density at radius 2 is 1.85 bits per heavy atom. The van der Waals surface area contributed by atoms with E-state index in [1.54, 1.807) is 0 Å². The van der Waals surface area contributed by atoms with Gasteiger partial charge in [-0.05, 0) is 25.5 Å². The molecule has 1 aromatic rings. The van der Waals surface area contributed by atoms with Crippen molar-refractivity contribution in [2.45, 2.75) is 32.7 Å². The summed E-state index contributed by atoms with van der Waals surface area (Å²) in [5, 5.41) is 8.60. The Balaban J connectivity index is 2.12. The van der Waals surface area contributed by atoms with Crippen molar-refractivity contribution in [1.29, 1.82) is 0 Å². The van der Waals surface area contributed by atoms with E-state index in [2.05, 4.69) is 16.0 Å². The molecule has 0 aliphatic rings. The smallest absolute Gasteiger partial charge is 0.238 e. The molecule has 3 N–H and O–H groups in total. The molecule has 0 aromatic heterocycles. The SMILES string of the molecule is CCC(C)NC(=O)CCNCC(=O)Nc1ccccc1. The highest BCUT2D eigenvalue weighted by Crippen LogP contribution is 2.03. The number of carbonyl (C=O) groups excluding carboxylic acids is 2. The van der Waals surface area contributed by atoms with Crippen LogP contribution in [0.5, 0.6) is 0 Å². The monoisotopic (exact) mass is 277 g/mol. The third-order valence-electron chi connectivity index (χ3n) is 2.89. The Hall–Kier alpha value is -1.88. The van der Waals surface area contributed by atoms with Crippen LogP contribution >= 0.6 is 0 Å². The first-order valence-electron chi connectivity index (χ1n) is 6.96. The van der Waals surface area contributed by atoms with Crippen LogP contribution in [0.2, 0.25) is 0 Å². The van der Waals surface area contributed by atoms with E-state index in [-0.39, 0.29) is 24.4 Å². The number of benzene rings is 1. The molecule has 5 nitrogen and oxygen atoms in total. The number of nitrogens with one attached hydrogen (secondary N) is 3. The van der Waals surface area contributed by atoms with Gasteiger partial charge >= 0.3 is 0 Å². The molecule has 1 rings (SSSR count). The lowest BCUT2D eigenvalue weighted by atomic mass is 10.2. The fraction of sp³-hybridized carbons (Fsp3) is 0.467. The number of hydrogen-bond donors (Lipinski definition) is 3. The molecule has 0 fully saturated rings. The summed E-state index contributed by atoms with van der Waals surface area (Å²) in [4.78, 5) is 23.1. The second kappa shape index (κ2) is 9.09. The molecule has 0 spiro atoms. The van der Waals surface area contributed by atoms with Crippen molar-refractivity contribution in [3.63, 3.8) is 0 Å². The largest absolute Gasteiger partial charge is 0.354 e. The number of amides is 2. The molecule has 0 aliphatic carbocycles. The molecule has 0 saturated carbocycles. The van der Waals surface area contributed by atoms with Gasteiger partial charge in [0.05, 0.1) is 6.54 Å². The summed E-state index contributed by atoms with van der Waals surface area (Å²) < 4.78 is 0. The number of carbonyl (C=O) groups is 2. The fourth-order valence-electron chi connectivity index (χ4n) is 1.58. The number of anilines is 1. The maximum absolute atomic E-state index is 11.6. The molecule has 0 aliphatic heterocycles. The van der Waals surface area contributed by atoms with E-state index >= 15 is 0 Å². The molecule has 5 heteroatoms. The van der Waals surface area contributed by atoms with Crippen LogP contribution in [0.3, 0.4) is 0 Å². The van der Waals surface area contributed by atoms with E-state index in [1.165, 1.54) is 0 Å². The molecule has 0 bridgehead atoms. The van der Waals surface area contributed by atoms with E-state index in [9.17, 15) is 9.59 Å². The van der Waals surface area contributed by atoms with Crippen LogP contribution < -0.4 is 16.0 Å². The van der Waals surface area contributed by atoms with Crippen molar-refractivity contribution in [3.05, 3.63) is 30.3 Å². The van der Waals surface area contributed by atoms with Gasteiger partial charge in [-0.25, -0.2) is 0 Å². The third kappa shape index (κ3) is 6.89. The normalized spacial score (nSPS) is 11.7. The lowest BCUT2D eigenvalue weighted by Crippen LogP contribution is -2.35. The van der Waals surface area contributed by atoms with Gasteiger partial charge in [0.1, 0.15) is 0 Å². The highest BCUT2D eigenvalue weighted by molar-refractivity contribution is 5.92. The summed E-state index contributed by atoms with van der Waals surface area (Å²) in [5.74, 6) is -0.103. The highest BCUT2D eigenvalue weighted by Gasteiger charge is 2.06. The maximum Gasteiger partial charge on any atom is 0.238 e. The predicted molar refractivity (Wildman–Crippen MR) is 80.5 cm³/mol. The molecule has 1 unspecified atom stereocenters. The quantitative estimate of drug-likeness (QED) is 0.631. The first-order chi connectivity index (χ1) is 9.61. The van der Waals surface area contributed by atoms with Crippen molar-refractivity contribution < 1.29 is 9.59 Å². The van der Waals surface area contributed by atoms with Crippen molar-refractivity contribution in [2.75, 3.05) is 18.4 Å². The van der Waals surface area contributed by atoms with Gasteiger partial charge in [0.2, 0.25) is 11.8 Å².